The van der Waals surface area contributed by atoms with Gasteiger partial charge in [0.15, 0.2) is 0 Å². The Morgan fingerprint density at radius 2 is 1.88 bits per heavy atom. The van der Waals surface area contributed by atoms with Crippen LogP contribution in [0.4, 0.5) is 0 Å². The van der Waals surface area contributed by atoms with E-state index in [0.717, 1.165) is 25.2 Å². The summed E-state index contributed by atoms with van der Waals surface area (Å²) >= 11 is 5.81. The fourth-order valence-corrected chi connectivity index (χ4v) is 3.37. The zero-order valence-electron chi connectivity index (χ0n) is 14.6. The number of aromatic nitrogens is 1. The van der Waals surface area contributed by atoms with Crippen molar-refractivity contribution >= 4 is 17.5 Å². The predicted octanol–water partition coefficient (Wildman–Crippen LogP) is 3.21. The van der Waals surface area contributed by atoms with Crippen LogP contribution in [0, 0.1) is 0 Å². The van der Waals surface area contributed by atoms with Crippen LogP contribution in [0.2, 0.25) is 5.02 Å². The molecule has 1 aromatic carbocycles. The summed E-state index contributed by atoms with van der Waals surface area (Å²) in [6.07, 6.45) is 2.15. The number of morpholine rings is 1. The molecule has 25 heavy (non-hydrogen) atoms. The molecule has 3 rings (SSSR count). The topological polar surface area (TPSA) is 57.4 Å². The summed E-state index contributed by atoms with van der Waals surface area (Å²) in [6.45, 7) is 7.56. The summed E-state index contributed by atoms with van der Waals surface area (Å²) in [5, 5.41) is 3.41. The highest BCUT2D eigenvalue weighted by molar-refractivity contribution is 6.30. The first kappa shape index (κ1) is 18.0. The summed E-state index contributed by atoms with van der Waals surface area (Å²) < 4.78 is 5.77. The standard InChI is InChI=1S/C19H24ClN3O2/c1-13-10-23(11-14(2)25-13)12-16-5-3-15(4-6-16)8-22-19(24)18-7-17(20)9-21-18/h3-7,9,13-14,21H,8,10-12H2,1-2H3,(H,22,24). The molecular formula is C19H24ClN3O2. The van der Waals surface area contributed by atoms with Gasteiger partial charge in [-0.15, -0.1) is 0 Å². The van der Waals surface area contributed by atoms with Crippen molar-refractivity contribution in [2.45, 2.75) is 39.1 Å². The molecule has 0 aliphatic carbocycles. The zero-order chi connectivity index (χ0) is 17.8. The van der Waals surface area contributed by atoms with E-state index in [2.05, 4.69) is 53.3 Å². The van der Waals surface area contributed by atoms with Crippen LogP contribution in [0.1, 0.15) is 35.5 Å². The highest BCUT2D eigenvalue weighted by Crippen LogP contribution is 2.15. The molecule has 2 aromatic rings. The fourth-order valence-electron chi connectivity index (χ4n) is 3.21. The van der Waals surface area contributed by atoms with E-state index in [9.17, 15) is 4.79 Å². The Kier molecular flexibility index (Phi) is 5.78. The number of halogens is 1. The molecule has 0 saturated carbocycles. The fraction of sp³-hybridized carbons (Fsp3) is 0.421. The normalized spacial score (nSPS) is 21.2. The first-order valence-corrected chi connectivity index (χ1v) is 8.95. The first-order chi connectivity index (χ1) is 12.0. The highest BCUT2D eigenvalue weighted by Gasteiger charge is 2.21. The Hall–Kier alpha value is -1.82. The minimum Gasteiger partial charge on any atom is -0.373 e. The molecule has 2 N–H and O–H groups in total. The Balaban J connectivity index is 1.51. The van der Waals surface area contributed by atoms with Crippen LogP contribution < -0.4 is 5.32 Å². The lowest BCUT2D eigenvalue weighted by molar-refractivity contribution is -0.0704. The molecule has 1 aliphatic rings. The number of ether oxygens (including phenoxy) is 1. The maximum atomic E-state index is 12.0. The first-order valence-electron chi connectivity index (χ1n) is 8.57. The third kappa shape index (κ3) is 5.08. The molecule has 0 spiro atoms. The quantitative estimate of drug-likeness (QED) is 0.859. The Morgan fingerprint density at radius 1 is 1.24 bits per heavy atom. The summed E-state index contributed by atoms with van der Waals surface area (Å²) in [5.74, 6) is -0.160. The van der Waals surface area contributed by atoms with Crippen LogP contribution in [-0.2, 0) is 17.8 Å². The molecule has 2 atom stereocenters. The van der Waals surface area contributed by atoms with Crippen LogP contribution in [0.3, 0.4) is 0 Å². The van der Waals surface area contributed by atoms with E-state index in [0.29, 0.717) is 17.3 Å². The van der Waals surface area contributed by atoms with Gasteiger partial charge in [0.05, 0.1) is 17.2 Å². The summed E-state index contributed by atoms with van der Waals surface area (Å²) in [5.41, 5.74) is 2.81. The lowest BCUT2D eigenvalue weighted by Gasteiger charge is -2.35. The highest BCUT2D eigenvalue weighted by atomic mass is 35.5. The maximum Gasteiger partial charge on any atom is 0.268 e. The Bertz CT molecular complexity index is 704. The van der Waals surface area contributed by atoms with Gasteiger partial charge >= 0.3 is 0 Å². The van der Waals surface area contributed by atoms with E-state index in [1.54, 1.807) is 12.3 Å². The van der Waals surface area contributed by atoms with Crippen molar-refractivity contribution in [2.75, 3.05) is 13.1 Å². The van der Waals surface area contributed by atoms with Crippen molar-refractivity contribution in [3.63, 3.8) is 0 Å². The van der Waals surface area contributed by atoms with Crippen LogP contribution in [-0.4, -0.2) is 41.1 Å². The van der Waals surface area contributed by atoms with E-state index >= 15 is 0 Å². The molecule has 2 unspecified atom stereocenters. The molecule has 0 radical (unpaired) electrons. The number of benzene rings is 1. The molecule has 134 valence electrons. The van der Waals surface area contributed by atoms with Gasteiger partial charge in [-0.25, -0.2) is 0 Å². The molecule has 1 aliphatic heterocycles. The smallest absolute Gasteiger partial charge is 0.268 e. The van der Waals surface area contributed by atoms with Crippen molar-refractivity contribution in [3.8, 4) is 0 Å². The molecule has 0 bridgehead atoms. The van der Waals surface area contributed by atoms with Crippen molar-refractivity contribution in [1.29, 1.82) is 0 Å². The van der Waals surface area contributed by atoms with Crippen molar-refractivity contribution in [2.24, 2.45) is 0 Å². The summed E-state index contributed by atoms with van der Waals surface area (Å²) in [7, 11) is 0. The molecule has 6 heteroatoms. The van der Waals surface area contributed by atoms with Gasteiger partial charge in [-0.3, -0.25) is 9.69 Å². The van der Waals surface area contributed by atoms with Crippen LogP contribution in [0.15, 0.2) is 36.5 Å². The lowest BCUT2D eigenvalue weighted by Crippen LogP contribution is -2.44. The molecule has 1 fully saturated rings. The van der Waals surface area contributed by atoms with Crippen LogP contribution in [0.5, 0.6) is 0 Å². The van der Waals surface area contributed by atoms with Gasteiger partial charge in [-0.1, -0.05) is 35.9 Å². The number of amides is 1. The number of aromatic amines is 1. The number of nitrogens with one attached hydrogen (secondary N) is 2. The summed E-state index contributed by atoms with van der Waals surface area (Å²) in [6, 6.07) is 9.98. The van der Waals surface area contributed by atoms with E-state index in [-0.39, 0.29) is 18.1 Å². The zero-order valence-corrected chi connectivity index (χ0v) is 15.3. The molecule has 2 heterocycles. The van der Waals surface area contributed by atoms with Crippen LogP contribution >= 0.6 is 11.6 Å². The van der Waals surface area contributed by atoms with E-state index in [1.165, 1.54) is 5.56 Å². The molecule has 1 aromatic heterocycles. The largest absolute Gasteiger partial charge is 0.373 e. The Morgan fingerprint density at radius 3 is 2.48 bits per heavy atom. The number of hydrogen-bond acceptors (Lipinski definition) is 3. The van der Waals surface area contributed by atoms with Gasteiger partial charge in [0, 0.05) is 32.4 Å². The second kappa shape index (κ2) is 8.04. The van der Waals surface area contributed by atoms with Crippen molar-refractivity contribution in [1.82, 2.24) is 15.2 Å². The number of carbonyl (C=O) groups is 1. The average Bonchev–Trinajstić information content (AvgIpc) is 2.99. The molecule has 1 saturated heterocycles. The monoisotopic (exact) mass is 361 g/mol. The van der Waals surface area contributed by atoms with Crippen molar-refractivity contribution < 1.29 is 9.53 Å². The number of hydrogen-bond donors (Lipinski definition) is 2. The van der Waals surface area contributed by atoms with Crippen molar-refractivity contribution in [3.05, 3.63) is 58.4 Å². The molecular weight excluding hydrogens is 338 g/mol. The van der Waals surface area contributed by atoms with Gasteiger partial charge in [0.2, 0.25) is 0 Å². The van der Waals surface area contributed by atoms with Crippen LogP contribution in [0.25, 0.3) is 0 Å². The van der Waals surface area contributed by atoms with Gasteiger partial charge in [0.25, 0.3) is 5.91 Å². The van der Waals surface area contributed by atoms with E-state index in [1.807, 2.05) is 0 Å². The maximum absolute atomic E-state index is 12.0. The van der Waals surface area contributed by atoms with Gasteiger partial charge in [-0.2, -0.15) is 0 Å². The SMILES string of the molecule is CC1CN(Cc2ccc(CNC(=O)c3cc(Cl)c[nH]3)cc2)CC(C)O1. The summed E-state index contributed by atoms with van der Waals surface area (Å²) in [4.78, 5) is 17.3. The van der Waals surface area contributed by atoms with E-state index in [4.69, 9.17) is 16.3 Å². The Labute approximate surface area is 153 Å². The third-order valence-electron chi connectivity index (χ3n) is 4.27. The number of carbonyl (C=O) groups excluding carboxylic acids is 1. The minimum absolute atomic E-state index is 0.160. The third-order valence-corrected chi connectivity index (χ3v) is 4.49. The van der Waals surface area contributed by atoms with Gasteiger partial charge in [0.1, 0.15) is 5.69 Å². The average molecular weight is 362 g/mol. The number of nitrogens with zero attached hydrogens (tertiary/aromatic N) is 1. The van der Waals surface area contributed by atoms with Gasteiger partial charge in [-0.05, 0) is 31.0 Å². The molecule has 5 nitrogen and oxygen atoms in total. The minimum atomic E-state index is -0.160. The number of rotatable bonds is 5. The second-order valence-electron chi connectivity index (χ2n) is 6.68. The second-order valence-corrected chi connectivity index (χ2v) is 7.12. The number of H-pyrrole nitrogens is 1. The lowest BCUT2D eigenvalue weighted by atomic mass is 10.1. The van der Waals surface area contributed by atoms with Gasteiger partial charge < -0.3 is 15.0 Å². The molecule has 1 amide bonds. The van der Waals surface area contributed by atoms with E-state index < -0.39 is 0 Å². The predicted molar refractivity (Wildman–Crippen MR) is 98.7 cm³/mol.